The fraction of sp³-hybridized carbons (Fsp3) is 0.412. The largest absolute Gasteiger partial charge is 0.507 e. The second-order valence-corrected chi connectivity index (χ2v) is 5.86. The topological polar surface area (TPSA) is 60.7 Å². The zero-order valence-electron chi connectivity index (χ0n) is 12.2. The van der Waals surface area contributed by atoms with Crippen LogP contribution in [0.2, 0.25) is 0 Å². The van der Waals surface area contributed by atoms with E-state index in [0.717, 1.165) is 16.7 Å². The van der Waals surface area contributed by atoms with Crippen LogP contribution in [0.3, 0.4) is 0 Å². The van der Waals surface area contributed by atoms with Gasteiger partial charge in [-0.05, 0) is 56.4 Å². The van der Waals surface area contributed by atoms with Crippen molar-refractivity contribution in [2.45, 2.75) is 39.2 Å². The molecular formula is C17H22O3. The Bertz CT molecular complexity index is 549. The number of aliphatic hydroxyl groups excluding tert-OH is 1. The number of phenolic OH excluding ortho intramolecular Hbond substituents is 2. The zero-order valence-corrected chi connectivity index (χ0v) is 12.2. The number of rotatable bonds is 2. The summed E-state index contributed by atoms with van der Waals surface area (Å²) in [5, 5.41) is 30.4. The van der Waals surface area contributed by atoms with Crippen LogP contribution in [0, 0.1) is 12.8 Å². The van der Waals surface area contributed by atoms with Crippen molar-refractivity contribution >= 4 is 0 Å². The second-order valence-electron chi connectivity index (χ2n) is 5.86. The van der Waals surface area contributed by atoms with Crippen LogP contribution < -0.4 is 0 Å². The van der Waals surface area contributed by atoms with E-state index >= 15 is 0 Å². The van der Waals surface area contributed by atoms with Crippen molar-refractivity contribution < 1.29 is 15.3 Å². The highest BCUT2D eigenvalue weighted by molar-refractivity contribution is 5.51. The molecule has 3 heteroatoms. The van der Waals surface area contributed by atoms with E-state index in [-0.39, 0.29) is 23.3 Å². The number of aliphatic hydroxyl groups is 1. The maximum Gasteiger partial charge on any atom is 0.123 e. The first-order valence-corrected chi connectivity index (χ1v) is 6.85. The summed E-state index contributed by atoms with van der Waals surface area (Å²) in [5.74, 6) is 0.0445. The van der Waals surface area contributed by atoms with Gasteiger partial charge in [0.1, 0.15) is 11.5 Å². The molecule has 3 nitrogen and oxygen atoms in total. The number of hydrogen-bond donors (Lipinski definition) is 3. The average molecular weight is 274 g/mol. The lowest BCUT2D eigenvalue weighted by atomic mass is 9.72. The van der Waals surface area contributed by atoms with Crippen LogP contribution in [0.4, 0.5) is 0 Å². The molecule has 0 saturated heterocycles. The maximum absolute atomic E-state index is 10.2. The van der Waals surface area contributed by atoms with Gasteiger partial charge in [-0.3, -0.25) is 0 Å². The Morgan fingerprint density at radius 2 is 1.75 bits per heavy atom. The van der Waals surface area contributed by atoms with Crippen molar-refractivity contribution in [3.63, 3.8) is 0 Å². The lowest BCUT2D eigenvalue weighted by molar-refractivity contribution is 0.168. The third-order valence-electron chi connectivity index (χ3n) is 4.13. The van der Waals surface area contributed by atoms with Gasteiger partial charge in [0, 0.05) is 11.5 Å². The summed E-state index contributed by atoms with van der Waals surface area (Å²) in [4.78, 5) is 0. The molecule has 3 atom stereocenters. The summed E-state index contributed by atoms with van der Waals surface area (Å²) in [6, 6.07) is 3.30. The molecule has 0 spiro atoms. The first kappa shape index (κ1) is 14.7. The standard InChI is InChI=1S/C17H22O3/c1-9(2)12-8-14(18)11(4)7-13(12)17-15(19)5-10(3)6-16(17)20/h5-7,12-14,18-20H,1,8H2,2-4H3/t12-,13+,14?/m0/s1. The van der Waals surface area contributed by atoms with Crippen LogP contribution >= 0.6 is 0 Å². The fourth-order valence-electron chi connectivity index (χ4n) is 2.98. The molecule has 0 radical (unpaired) electrons. The number of phenols is 2. The van der Waals surface area contributed by atoms with E-state index in [1.54, 1.807) is 12.1 Å². The Kier molecular flexibility index (Phi) is 3.91. The van der Waals surface area contributed by atoms with E-state index < -0.39 is 6.10 Å². The minimum atomic E-state index is -0.484. The molecule has 1 aliphatic rings. The van der Waals surface area contributed by atoms with Crippen LogP contribution in [0.15, 0.2) is 35.9 Å². The lowest BCUT2D eigenvalue weighted by Crippen LogP contribution is -2.26. The van der Waals surface area contributed by atoms with Gasteiger partial charge in [0.2, 0.25) is 0 Å². The van der Waals surface area contributed by atoms with Crippen molar-refractivity contribution in [3.8, 4) is 11.5 Å². The van der Waals surface area contributed by atoms with Gasteiger partial charge >= 0.3 is 0 Å². The molecule has 0 heterocycles. The molecule has 1 aliphatic carbocycles. The van der Waals surface area contributed by atoms with Crippen LogP contribution in [0.5, 0.6) is 11.5 Å². The Labute approximate surface area is 119 Å². The summed E-state index contributed by atoms with van der Waals surface area (Å²) in [6.07, 6.45) is 2.01. The van der Waals surface area contributed by atoms with Crippen molar-refractivity contribution in [3.05, 3.63) is 47.1 Å². The Hall–Kier alpha value is -1.74. The van der Waals surface area contributed by atoms with Crippen molar-refractivity contribution in [2.24, 2.45) is 5.92 Å². The molecule has 108 valence electrons. The minimum absolute atomic E-state index is 0.00760. The third-order valence-corrected chi connectivity index (χ3v) is 4.13. The number of benzene rings is 1. The normalized spacial score (nSPS) is 26.2. The van der Waals surface area contributed by atoms with Crippen LogP contribution in [-0.2, 0) is 0 Å². The van der Waals surface area contributed by atoms with Crippen LogP contribution in [-0.4, -0.2) is 21.4 Å². The Morgan fingerprint density at radius 1 is 1.20 bits per heavy atom. The predicted molar refractivity (Wildman–Crippen MR) is 79.9 cm³/mol. The molecule has 0 amide bonds. The van der Waals surface area contributed by atoms with E-state index in [0.29, 0.717) is 12.0 Å². The number of aryl methyl sites for hydroxylation is 1. The van der Waals surface area contributed by atoms with E-state index in [1.165, 1.54) is 0 Å². The lowest BCUT2D eigenvalue weighted by Gasteiger charge is -2.34. The van der Waals surface area contributed by atoms with E-state index in [9.17, 15) is 15.3 Å². The quantitative estimate of drug-likeness (QED) is 0.724. The van der Waals surface area contributed by atoms with Gasteiger partial charge in [0.25, 0.3) is 0 Å². The third kappa shape index (κ3) is 2.59. The molecule has 0 bridgehead atoms. The van der Waals surface area contributed by atoms with E-state index in [1.807, 2.05) is 26.8 Å². The second kappa shape index (κ2) is 5.33. The fourth-order valence-corrected chi connectivity index (χ4v) is 2.98. The molecule has 3 N–H and O–H groups in total. The highest BCUT2D eigenvalue weighted by atomic mass is 16.3. The summed E-state index contributed by atoms with van der Waals surface area (Å²) in [6.45, 7) is 9.60. The molecule has 0 saturated carbocycles. The van der Waals surface area contributed by atoms with Crippen LogP contribution in [0.1, 0.15) is 37.3 Å². The molecule has 1 aromatic rings. The molecule has 1 aromatic carbocycles. The van der Waals surface area contributed by atoms with E-state index in [2.05, 4.69) is 6.58 Å². The summed E-state index contributed by atoms with van der Waals surface area (Å²) >= 11 is 0. The van der Waals surface area contributed by atoms with Gasteiger partial charge in [0.05, 0.1) is 6.10 Å². The average Bonchev–Trinajstić information content (AvgIpc) is 2.31. The van der Waals surface area contributed by atoms with Gasteiger partial charge < -0.3 is 15.3 Å². The first-order chi connectivity index (χ1) is 9.31. The van der Waals surface area contributed by atoms with Gasteiger partial charge in [-0.1, -0.05) is 18.2 Å². The van der Waals surface area contributed by atoms with Crippen LogP contribution in [0.25, 0.3) is 0 Å². The molecule has 0 aromatic heterocycles. The molecule has 1 unspecified atom stereocenters. The number of allylic oxidation sites excluding steroid dienone is 2. The molecular weight excluding hydrogens is 252 g/mol. The molecule has 0 fully saturated rings. The highest BCUT2D eigenvalue weighted by Gasteiger charge is 2.33. The highest BCUT2D eigenvalue weighted by Crippen LogP contribution is 2.46. The SMILES string of the molecule is C=C(C)[C@@H]1CC(O)C(C)=C[C@H]1c1c(O)cc(C)cc1O. The van der Waals surface area contributed by atoms with Gasteiger partial charge in [-0.25, -0.2) is 0 Å². The van der Waals surface area contributed by atoms with Gasteiger partial charge in [-0.2, -0.15) is 0 Å². The zero-order chi connectivity index (χ0) is 15.0. The Morgan fingerprint density at radius 3 is 2.25 bits per heavy atom. The Balaban J connectivity index is 2.56. The van der Waals surface area contributed by atoms with Crippen molar-refractivity contribution in [1.29, 1.82) is 0 Å². The summed E-state index contributed by atoms with van der Waals surface area (Å²) in [7, 11) is 0. The van der Waals surface area contributed by atoms with Crippen molar-refractivity contribution in [1.82, 2.24) is 0 Å². The van der Waals surface area contributed by atoms with Gasteiger partial charge in [0.15, 0.2) is 0 Å². The predicted octanol–water partition coefficient (Wildman–Crippen LogP) is 3.39. The van der Waals surface area contributed by atoms with Crippen molar-refractivity contribution in [2.75, 3.05) is 0 Å². The molecule has 2 rings (SSSR count). The minimum Gasteiger partial charge on any atom is -0.507 e. The number of hydrogen-bond acceptors (Lipinski definition) is 3. The molecule has 0 aliphatic heterocycles. The monoisotopic (exact) mass is 274 g/mol. The summed E-state index contributed by atoms with van der Waals surface area (Å²) < 4.78 is 0. The molecule has 20 heavy (non-hydrogen) atoms. The maximum atomic E-state index is 10.2. The summed E-state index contributed by atoms with van der Waals surface area (Å²) in [5.41, 5.74) is 3.14. The number of aromatic hydroxyl groups is 2. The smallest absolute Gasteiger partial charge is 0.123 e. The van der Waals surface area contributed by atoms with E-state index in [4.69, 9.17) is 0 Å². The first-order valence-electron chi connectivity index (χ1n) is 6.85. The van der Waals surface area contributed by atoms with Gasteiger partial charge in [-0.15, -0.1) is 0 Å².